The van der Waals surface area contributed by atoms with Crippen LogP contribution in [0.15, 0.2) is 22.1 Å². The van der Waals surface area contributed by atoms with Gasteiger partial charge in [-0.15, -0.1) is 0 Å². The molecule has 6 heteroatoms. The molecule has 0 aliphatic carbocycles. The Hall–Kier alpha value is -2.08. The van der Waals surface area contributed by atoms with Crippen LogP contribution in [0.4, 0.5) is 0 Å². The number of aliphatic imine (C=N–C) groups is 2. The summed E-state index contributed by atoms with van der Waals surface area (Å²) in [4.78, 5) is 8.74. The highest BCUT2D eigenvalue weighted by Crippen LogP contribution is 2.44. The van der Waals surface area contributed by atoms with Crippen LogP contribution in [0, 0.1) is 10.8 Å². The highest BCUT2D eigenvalue weighted by Gasteiger charge is 2.46. The van der Waals surface area contributed by atoms with Crippen molar-refractivity contribution in [3.63, 3.8) is 0 Å². The molecule has 1 aliphatic heterocycles. The third-order valence-corrected chi connectivity index (χ3v) is 5.25. The van der Waals surface area contributed by atoms with Gasteiger partial charge in [-0.2, -0.15) is 0 Å². The van der Waals surface area contributed by atoms with Gasteiger partial charge in [0.1, 0.15) is 5.84 Å². The van der Waals surface area contributed by atoms with E-state index in [1.54, 1.807) is 14.2 Å². The Labute approximate surface area is 156 Å². The molecule has 2 rings (SSSR count). The molecule has 0 saturated heterocycles. The number of amidine groups is 1. The van der Waals surface area contributed by atoms with Crippen molar-refractivity contribution < 1.29 is 9.47 Å². The van der Waals surface area contributed by atoms with Gasteiger partial charge in [-0.3, -0.25) is 10.7 Å². The van der Waals surface area contributed by atoms with Gasteiger partial charge in [-0.05, 0) is 41.0 Å². The predicted octanol–water partition coefficient (Wildman–Crippen LogP) is 3.09. The Balaban J connectivity index is 2.63. The van der Waals surface area contributed by atoms with Crippen molar-refractivity contribution in [1.29, 1.82) is 0 Å². The molecule has 1 aliphatic rings. The van der Waals surface area contributed by atoms with Crippen molar-refractivity contribution in [3.8, 4) is 11.5 Å². The maximum atomic E-state index is 6.41. The Morgan fingerprint density at radius 1 is 1.15 bits per heavy atom. The fraction of sp³-hybridized carbons (Fsp3) is 0.600. The SMILES string of the molecule is COc1cc(CC2(C(C)(C)C)C=NC(N)N=C2N)c(C(C)C)cc1OC. The molecule has 0 fully saturated rings. The first-order valence-electron chi connectivity index (χ1n) is 8.94. The lowest BCUT2D eigenvalue weighted by Crippen LogP contribution is -2.53. The summed E-state index contributed by atoms with van der Waals surface area (Å²) in [7, 11) is 3.30. The molecule has 0 amide bonds. The second kappa shape index (κ2) is 7.27. The van der Waals surface area contributed by atoms with Crippen molar-refractivity contribution in [2.45, 2.75) is 53.2 Å². The Bertz CT molecular complexity index is 719. The number of nitrogens with zero attached hydrogens (tertiary/aromatic N) is 2. The molecule has 0 aromatic heterocycles. The van der Waals surface area contributed by atoms with E-state index in [2.05, 4.69) is 44.6 Å². The zero-order valence-electron chi connectivity index (χ0n) is 17.0. The third-order valence-electron chi connectivity index (χ3n) is 5.25. The lowest BCUT2D eigenvalue weighted by atomic mass is 9.62. The van der Waals surface area contributed by atoms with Crippen LogP contribution in [-0.2, 0) is 6.42 Å². The van der Waals surface area contributed by atoms with E-state index >= 15 is 0 Å². The lowest BCUT2D eigenvalue weighted by Gasteiger charge is -2.44. The minimum absolute atomic E-state index is 0.189. The van der Waals surface area contributed by atoms with Gasteiger partial charge < -0.3 is 15.2 Å². The molecule has 6 nitrogen and oxygen atoms in total. The fourth-order valence-corrected chi connectivity index (χ4v) is 3.47. The molecule has 2 unspecified atom stereocenters. The van der Waals surface area contributed by atoms with Crippen LogP contribution in [0.1, 0.15) is 51.7 Å². The molecule has 1 aromatic rings. The summed E-state index contributed by atoms with van der Waals surface area (Å²) < 4.78 is 11.0. The van der Waals surface area contributed by atoms with Gasteiger partial charge in [-0.1, -0.05) is 34.6 Å². The monoisotopic (exact) mass is 360 g/mol. The van der Waals surface area contributed by atoms with Crippen LogP contribution in [0.5, 0.6) is 11.5 Å². The van der Waals surface area contributed by atoms with Gasteiger partial charge in [0.25, 0.3) is 0 Å². The minimum atomic E-state index is -0.625. The molecule has 0 spiro atoms. The van der Waals surface area contributed by atoms with Crippen LogP contribution in [0.25, 0.3) is 0 Å². The van der Waals surface area contributed by atoms with E-state index in [1.807, 2.05) is 18.3 Å². The smallest absolute Gasteiger partial charge is 0.192 e. The van der Waals surface area contributed by atoms with E-state index in [0.29, 0.717) is 23.9 Å². The number of nitrogens with two attached hydrogens (primary N) is 2. The topological polar surface area (TPSA) is 95.2 Å². The molecule has 1 aromatic carbocycles. The number of hydrogen-bond donors (Lipinski definition) is 2. The summed E-state index contributed by atoms with van der Waals surface area (Å²) in [6.45, 7) is 10.8. The fourth-order valence-electron chi connectivity index (χ4n) is 3.47. The Kier molecular flexibility index (Phi) is 5.66. The summed E-state index contributed by atoms with van der Waals surface area (Å²) >= 11 is 0. The molecular formula is C20H32N4O2. The van der Waals surface area contributed by atoms with Gasteiger partial charge >= 0.3 is 0 Å². The van der Waals surface area contributed by atoms with Crippen molar-refractivity contribution in [2.75, 3.05) is 14.2 Å². The average Bonchev–Trinajstić information content (AvgIpc) is 2.55. The quantitative estimate of drug-likeness (QED) is 0.843. The summed E-state index contributed by atoms with van der Waals surface area (Å²) in [5.74, 6) is 2.28. The number of benzene rings is 1. The van der Waals surface area contributed by atoms with Crippen LogP contribution >= 0.6 is 0 Å². The number of hydrogen-bond acceptors (Lipinski definition) is 6. The Morgan fingerprint density at radius 3 is 2.19 bits per heavy atom. The van der Waals surface area contributed by atoms with Gasteiger partial charge in [-0.25, -0.2) is 4.99 Å². The van der Waals surface area contributed by atoms with E-state index in [4.69, 9.17) is 20.9 Å². The standard InChI is InChI=1S/C20H32N4O2/c1-12(2)14-9-16(26-7)15(25-6)8-13(14)10-20(19(3,4)5)11-23-18(22)24-17(20)21/h8-9,11-12,18H,10,22H2,1-7H3,(H2,21,24). The summed E-state index contributed by atoms with van der Waals surface area (Å²) in [5, 5.41) is 0. The summed E-state index contributed by atoms with van der Waals surface area (Å²) in [6, 6.07) is 4.09. The maximum absolute atomic E-state index is 6.41. The number of ether oxygens (including phenoxy) is 2. The van der Waals surface area contributed by atoms with Crippen LogP contribution in [0.3, 0.4) is 0 Å². The zero-order chi connectivity index (χ0) is 19.7. The normalized spacial score (nSPS) is 23.1. The first-order valence-corrected chi connectivity index (χ1v) is 8.94. The lowest BCUT2D eigenvalue weighted by molar-refractivity contribution is 0.246. The molecule has 144 valence electrons. The number of methoxy groups -OCH3 is 2. The van der Waals surface area contributed by atoms with Crippen LogP contribution < -0.4 is 20.9 Å². The van der Waals surface area contributed by atoms with E-state index in [0.717, 1.165) is 11.3 Å². The molecular weight excluding hydrogens is 328 g/mol. The maximum Gasteiger partial charge on any atom is 0.192 e. The molecule has 1 heterocycles. The summed E-state index contributed by atoms with van der Waals surface area (Å²) in [5.41, 5.74) is 13.9. The average molecular weight is 361 g/mol. The molecule has 26 heavy (non-hydrogen) atoms. The zero-order valence-corrected chi connectivity index (χ0v) is 17.0. The van der Waals surface area contributed by atoms with Gasteiger partial charge in [0, 0.05) is 6.21 Å². The van der Waals surface area contributed by atoms with E-state index in [-0.39, 0.29) is 5.41 Å². The van der Waals surface area contributed by atoms with Gasteiger partial charge in [0.05, 0.1) is 19.6 Å². The second-order valence-electron chi connectivity index (χ2n) is 8.16. The highest BCUT2D eigenvalue weighted by atomic mass is 16.5. The molecule has 0 bridgehead atoms. The largest absolute Gasteiger partial charge is 0.493 e. The van der Waals surface area contributed by atoms with Crippen molar-refractivity contribution >= 4 is 12.1 Å². The first-order chi connectivity index (χ1) is 12.1. The number of rotatable bonds is 5. The molecule has 4 N–H and O–H groups in total. The van der Waals surface area contributed by atoms with E-state index in [9.17, 15) is 0 Å². The van der Waals surface area contributed by atoms with Gasteiger partial charge in [0.15, 0.2) is 17.8 Å². The first kappa shape index (κ1) is 20.2. The second-order valence-corrected chi connectivity index (χ2v) is 8.16. The van der Waals surface area contributed by atoms with Crippen molar-refractivity contribution in [2.24, 2.45) is 32.3 Å². The van der Waals surface area contributed by atoms with Crippen molar-refractivity contribution in [3.05, 3.63) is 23.3 Å². The Morgan fingerprint density at radius 2 is 1.73 bits per heavy atom. The molecule has 0 saturated carbocycles. The van der Waals surface area contributed by atoms with Crippen LogP contribution in [-0.4, -0.2) is 32.6 Å². The summed E-state index contributed by atoms with van der Waals surface area (Å²) in [6.07, 6.45) is 1.93. The minimum Gasteiger partial charge on any atom is -0.493 e. The van der Waals surface area contributed by atoms with E-state index < -0.39 is 11.7 Å². The molecule has 0 radical (unpaired) electrons. The van der Waals surface area contributed by atoms with E-state index in [1.165, 1.54) is 5.56 Å². The predicted molar refractivity (Wildman–Crippen MR) is 107 cm³/mol. The highest BCUT2D eigenvalue weighted by molar-refractivity contribution is 6.03. The van der Waals surface area contributed by atoms with Gasteiger partial charge in [0.2, 0.25) is 0 Å². The molecule has 2 atom stereocenters. The van der Waals surface area contributed by atoms with Crippen LogP contribution in [0.2, 0.25) is 0 Å². The third kappa shape index (κ3) is 3.56. The van der Waals surface area contributed by atoms with Crippen molar-refractivity contribution in [1.82, 2.24) is 0 Å².